The molecule has 0 bridgehead atoms. The van der Waals surface area contributed by atoms with Gasteiger partial charge in [0.15, 0.2) is 0 Å². The topological polar surface area (TPSA) is 111 Å². The number of oxime groups is 1. The standard InChI is InChI=1S/C28H32Br4N4O4/c29-21-14-19(15-22(30)26(21)40-13-5-11-36-9-2-1-3-10-36)6-8-34-28(37)25(35-38)18-20-16-23(31)27(24(32)17-20)39-12-4-7-33/h1-3,9,14-17,38H,4-8,10-13,18,33H2,(H,34,37)/p+1. The summed E-state index contributed by atoms with van der Waals surface area (Å²) in [6, 6.07) is 7.65. The molecule has 12 heteroatoms. The van der Waals surface area contributed by atoms with E-state index in [-0.39, 0.29) is 12.1 Å². The third kappa shape index (κ3) is 10.3. The predicted molar refractivity (Wildman–Crippen MR) is 172 cm³/mol. The number of nitrogens with two attached hydrogens (primary N) is 1. The van der Waals surface area contributed by atoms with Crippen LogP contribution in [0.15, 0.2) is 71.7 Å². The van der Waals surface area contributed by atoms with Crippen molar-refractivity contribution >= 4 is 75.3 Å². The zero-order chi connectivity index (χ0) is 28.9. The quantitative estimate of drug-likeness (QED) is 0.0884. The molecule has 0 saturated heterocycles. The van der Waals surface area contributed by atoms with Crippen LogP contribution >= 0.6 is 63.7 Å². The molecule has 0 fully saturated rings. The fraction of sp³-hybridized carbons (Fsp3) is 0.357. The summed E-state index contributed by atoms with van der Waals surface area (Å²) in [6.45, 7) is 4.05. The van der Waals surface area contributed by atoms with E-state index in [2.05, 4.69) is 98.6 Å². The molecule has 1 unspecified atom stereocenters. The monoisotopic (exact) mass is 805 g/mol. The molecule has 0 radical (unpaired) electrons. The third-order valence-electron chi connectivity index (χ3n) is 6.01. The molecule has 40 heavy (non-hydrogen) atoms. The Labute approximate surface area is 268 Å². The lowest BCUT2D eigenvalue weighted by Crippen LogP contribution is -3.07. The lowest BCUT2D eigenvalue weighted by Gasteiger charge is -2.16. The Bertz CT molecular complexity index is 1210. The first-order chi connectivity index (χ1) is 19.3. The van der Waals surface area contributed by atoms with Crippen LogP contribution in [0.3, 0.4) is 0 Å². The minimum Gasteiger partial charge on any atom is -0.491 e. The molecule has 0 spiro atoms. The summed E-state index contributed by atoms with van der Waals surface area (Å²) in [5.74, 6) is 0.989. The van der Waals surface area contributed by atoms with Crippen LogP contribution in [-0.2, 0) is 17.6 Å². The first-order valence-corrected chi connectivity index (χ1v) is 16.1. The summed E-state index contributed by atoms with van der Waals surface area (Å²) >= 11 is 14.2. The zero-order valence-corrected chi connectivity index (χ0v) is 28.2. The fourth-order valence-corrected chi connectivity index (χ4v) is 7.02. The number of quaternary nitrogens is 1. The maximum atomic E-state index is 12.7. The van der Waals surface area contributed by atoms with Gasteiger partial charge in [-0.1, -0.05) is 11.2 Å². The minimum atomic E-state index is -0.433. The SMILES string of the molecule is NCCCOc1c(Br)cc(CC(=NO)C(=O)NCCc2cc(Br)c(OCCC[NH+]3C=CC=CC3)c(Br)c2)cc1Br. The van der Waals surface area contributed by atoms with E-state index in [1.54, 1.807) is 0 Å². The smallest absolute Gasteiger partial charge is 0.269 e. The van der Waals surface area contributed by atoms with Gasteiger partial charge < -0.3 is 30.6 Å². The molecule has 216 valence electrons. The lowest BCUT2D eigenvalue weighted by atomic mass is 10.1. The van der Waals surface area contributed by atoms with Crippen LogP contribution in [0.1, 0.15) is 24.0 Å². The Morgan fingerprint density at radius 1 is 0.950 bits per heavy atom. The molecule has 0 saturated carbocycles. The van der Waals surface area contributed by atoms with Crippen LogP contribution in [0.2, 0.25) is 0 Å². The predicted octanol–water partition coefficient (Wildman–Crippen LogP) is 4.93. The van der Waals surface area contributed by atoms with Gasteiger partial charge in [0.25, 0.3) is 5.91 Å². The van der Waals surface area contributed by atoms with Crippen molar-refractivity contribution in [3.8, 4) is 11.5 Å². The number of ether oxygens (including phenoxy) is 2. The minimum absolute atomic E-state index is 0.0135. The van der Waals surface area contributed by atoms with Crippen LogP contribution in [0.4, 0.5) is 0 Å². The Kier molecular flexibility index (Phi) is 14.2. The highest BCUT2D eigenvalue weighted by Crippen LogP contribution is 2.36. The fourth-order valence-electron chi connectivity index (χ4n) is 4.00. The van der Waals surface area contributed by atoms with E-state index in [1.165, 1.54) is 4.90 Å². The second-order valence-corrected chi connectivity index (χ2v) is 12.5. The number of nitrogens with one attached hydrogen (secondary N) is 2. The van der Waals surface area contributed by atoms with Crippen molar-refractivity contribution in [2.24, 2.45) is 10.9 Å². The van der Waals surface area contributed by atoms with Gasteiger partial charge in [0.05, 0.1) is 43.8 Å². The van der Waals surface area contributed by atoms with E-state index in [1.807, 2.05) is 24.3 Å². The molecule has 3 rings (SSSR count). The maximum absolute atomic E-state index is 12.7. The number of carbonyl (C=O) groups is 1. The van der Waals surface area contributed by atoms with E-state index < -0.39 is 5.91 Å². The molecule has 2 aromatic carbocycles. The van der Waals surface area contributed by atoms with E-state index in [4.69, 9.17) is 15.2 Å². The molecule has 8 nitrogen and oxygen atoms in total. The normalized spacial score (nSPS) is 14.8. The largest absolute Gasteiger partial charge is 0.491 e. The Hall–Kier alpha value is -1.70. The van der Waals surface area contributed by atoms with Gasteiger partial charge in [-0.2, -0.15) is 0 Å². The summed E-state index contributed by atoms with van der Waals surface area (Å²) in [6.07, 6.45) is 10.9. The summed E-state index contributed by atoms with van der Waals surface area (Å²) in [7, 11) is 0. The highest BCUT2D eigenvalue weighted by molar-refractivity contribution is 9.11. The van der Waals surface area contributed by atoms with Gasteiger partial charge >= 0.3 is 0 Å². The van der Waals surface area contributed by atoms with Crippen molar-refractivity contribution in [1.29, 1.82) is 0 Å². The van der Waals surface area contributed by atoms with Crippen LogP contribution in [0.5, 0.6) is 11.5 Å². The zero-order valence-electron chi connectivity index (χ0n) is 21.9. The van der Waals surface area contributed by atoms with Crippen LogP contribution in [0.25, 0.3) is 0 Å². The van der Waals surface area contributed by atoms with Gasteiger partial charge in [0.1, 0.15) is 23.8 Å². The molecule has 5 N–H and O–H groups in total. The molecular formula is C28H33Br4N4O4+. The van der Waals surface area contributed by atoms with Crippen molar-refractivity contribution in [2.75, 3.05) is 39.4 Å². The molecule has 2 aromatic rings. The van der Waals surface area contributed by atoms with Gasteiger partial charge in [-0.25, -0.2) is 0 Å². The average molecular weight is 809 g/mol. The second-order valence-electron chi connectivity index (χ2n) is 9.10. The number of hydrogen-bond acceptors (Lipinski definition) is 6. The molecule has 1 aliphatic heterocycles. The summed E-state index contributed by atoms with van der Waals surface area (Å²) < 4.78 is 14.9. The Morgan fingerprint density at radius 2 is 1.55 bits per heavy atom. The molecule has 1 aliphatic rings. The van der Waals surface area contributed by atoms with Gasteiger partial charge in [-0.3, -0.25) is 4.79 Å². The van der Waals surface area contributed by atoms with Crippen molar-refractivity contribution in [2.45, 2.75) is 25.7 Å². The highest BCUT2D eigenvalue weighted by Gasteiger charge is 2.17. The number of rotatable bonds is 15. The van der Waals surface area contributed by atoms with E-state index in [9.17, 15) is 10.0 Å². The van der Waals surface area contributed by atoms with Crippen molar-refractivity contribution < 1.29 is 24.4 Å². The molecule has 1 amide bonds. The molecule has 1 atom stereocenters. The van der Waals surface area contributed by atoms with Gasteiger partial charge in [-0.15, -0.1) is 0 Å². The van der Waals surface area contributed by atoms with Crippen molar-refractivity contribution in [3.05, 3.63) is 77.7 Å². The first-order valence-electron chi connectivity index (χ1n) is 12.9. The second kappa shape index (κ2) is 17.3. The van der Waals surface area contributed by atoms with E-state index >= 15 is 0 Å². The summed E-state index contributed by atoms with van der Waals surface area (Å²) in [5.41, 5.74) is 7.34. The summed E-state index contributed by atoms with van der Waals surface area (Å²) in [4.78, 5) is 14.1. The molecular weight excluding hydrogens is 776 g/mol. The lowest BCUT2D eigenvalue weighted by molar-refractivity contribution is -0.841. The van der Waals surface area contributed by atoms with Gasteiger partial charge in [0.2, 0.25) is 0 Å². The average Bonchev–Trinajstić information content (AvgIpc) is 2.93. The van der Waals surface area contributed by atoms with Crippen LogP contribution < -0.4 is 25.4 Å². The van der Waals surface area contributed by atoms with Gasteiger partial charge in [-0.05, 0) is 131 Å². The maximum Gasteiger partial charge on any atom is 0.269 e. The number of carbonyl (C=O) groups excluding carboxylic acids is 1. The number of allylic oxidation sites excluding steroid dienone is 2. The third-order valence-corrected chi connectivity index (χ3v) is 8.37. The van der Waals surface area contributed by atoms with Gasteiger partial charge in [0, 0.05) is 19.4 Å². The molecule has 0 aliphatic carbocycles. The van der Waals surface area contributed by atoms with Crippen LogP contribution in [-0.4, -0.2) is 56.2 Å². The molecule has 1 heterocycles. The number of nitrogens with zero attached hydrogens (tertiary/aromatic N) is 1. The number of hydrogen-bond donors (Lipinski definition) is 4. The van der Waals surface area contributed by atoms with Crippen LogP contribution in [0, 0.1) is 0 Å². The van der Waals surface area contributed by atoms with Crippen molar-refractivity contribution in [3.63, 3.8) is 0 Å². The van der Waals surface area contributed by atoms with Crippen molar-refractivity contribution in [1.82, 2.24) is 5.32 Å². The molecule has 0 aromatic heterocycles. The number of halogens is 4. The first kappa shape index (κ1) is 32.8. The van der Waals surface area contributed by atoms with E-state index in [0.29, 0.717) is 38.5 Å². The van der Waals surface area contributed by atoms with E-state index in [0.717, 1.165) is 60.7 Å². The Balaban J connectivity index is 1.48. The Morgan fingerprint density at radius 3 is 2.10 bits per heavy atom. The summed E-state index contributed by atoms with van der Waals surface area (Å²) in [5, 5.41) is 15.6. The number of benzene rings is 2. The highest BCUT2D eigenvalue weighted by atomic mass is 79.9. The number of amides is 1.